The van der Waals surface area contributed by atoms with E-state index in [1.54, 1.807) is 0 Å². The molecule has 1 nitrogen and oxygen atoms in total. The molecule has 0 N–H and O–H groups in total. The Labute approximate surface area is 108 Å². The van der Waals surface area contributed by atoms with Crippen molar-refractivity contribution >= 4 is 53.6 Å². The van der Waals surface area contributed by atoms with E-state index in [1.807, 2.05) is 0 Å². The number of hydrogen-bond donors (Lipinski definition) is 0. The van der Waals surface area contributed by atoms with Crippen molar-refractivity contribution in [1.29, 1.82) is 0 Å². The van der Waals surface area contributed by atoms with Crippen molar-refractivity contribution in [2.24, 2.45) is 0 Å². The maximum absolute atomic E-state index is 13.1. The Kier molecular flexibility index (Phi) is 4.00. The molecule has 15 heavy (non-hydrogen) atoms. The lowest BCUT2D eigenvalue weighted by molar-refractivity contribution is 0.100. The zero-order chi connectivity index (χ0) is 11.8. The predicted octanol–water partition coefficient (Wildman–Crippen LogP) is 4.13. The van der Waals surface area contributed by atoms with Crippen molar-refractivity contribution in [2.75, 3.05) is 0 Å². The third-order valence-corrected chi connectivity index (χ3v) is 2.58. The summed E-state index contributed by atoms with van der Waals surface area (Å²) < 4.78 is 37.2. The summed E-state index contributed by atoms with van der Waals surface area (Å²) in [4.78, 5) is 11.5. The fraction of sp³-hybridized carbons (Fsp3) is 0.125. The van der Waals surface area contributed by atoms with Crippen LogP contribution in [0.5, 0.6) is 0 Å². The quantitative estimate of drug-likeness (QED) is 0.386. The molecule has 0 aliphatic rings. The molecule has 1 aromatic carbocycles. The monoisotopic (exact) mass is 408 g/mol. The number of Topliss-reactive ketones (excluding diaryl/α,β-unsaturated/α-hetero) is 1. The lowest BCUT2D eigenvalue weighted by atomic mass is 10.1. The van der Waals surface area contributed by atoms with Crippen LogP contribution >= 0.6 is 47.8 Å². The SMILES string of the molecule is O=C(c1cc(F)cc(F)c1F)C(Br)(Br)Br. The molecule has 7 heteroatoms. The second-order valence-corrected chi connectivity index (χ2v) is 9.34. The summed E-state index contributed by atoms with van der Waals surface area (Å²) >= 11 is 8.51. The molecule has 0 spiro atoms. The van der Waals surface area contributed by atoms with Gasteiger partial charge >= 0.3 is 0 Å². The van der Waals surface area contributed by atoms with E-state index in [2.05, 4.69) is 47.8 Å². The van der Waals surface area contributed by atoms with Crippen LogP contribution in [0.3, 0.4) is 0 Å². The molecule has 0 unspecified atom stereocenters. The van der Waals surface area contributed by atoms with Gasteiger partial charge in [0.05, 0.1) is 5.56 Å². The van der Waals surface area contributed by atoms with Crippen molar-refractivity contribution in [3.63, 3.8) is 0 Å². The maximum atomic E-state index is 13.1. The first kappa shape index (κ1) is 13.2. The van der Waals surface area contributed by atoms with Crippen molar-refractivity contribution in [3.05, 3.63) is 35.1 Å². The zero-order valence-electron chi connectivity index (χ0n) is 6.83. The topological polar surface area (TPSA) is 17.1 Å². The average molecular weight is 411 g/mol. The van der Waals surface area contributed by atoms with Crippen molar-refractivity contribution < 1.29 is 18.0 Å². The molecule has 1 rings (SSSR count). The normalized spacial score (nSPS) is 11.6. The van der Waals surface area contributed by atoms with E-state index in [0.717, 1.165) is 0 Å². The molecule has 82 valence electrons. The molecular weight excluding hydrogens is 409 g/mol. The van der Waals surface area contributed by atoms with Gasteiger partial charge in [-0.2, -0.15) is 0 Å². The van der Waals surface area contributed by atoms with Gasteiger partial charge in [0.1, 0.15) is 5.82 Å². The van der Waals surface area contributed by atoms with Crippen molar-refractivity contribution in [1.82, 2.24) is 0 Å². The summed E-state index contributed by atoms with van der Waals surface area (Å²) in [6.07, 6.45) is 0. The first-order chi connectivity index (χ1) is 6.73. The predicted molar refractivity (Wildman–Crippen MR) is 60.2 cm³/mol. The third-order valence-electron chi connectivity index (χ3n) is 1.50. The summed E-state index contributed by atoms with van der Waals surface area (Å²) in [6, 6.07) is 0.990. The summed E-state index contributed by atoms with van der Waals surface area (Å²) in [5.74, 6) is -4.69. The van der Waals surface area contributed by atoms with Gasteiger partial charge in [-0.25, -0.2) is 13.2 Å². The Balaban J connectivity index is 3.32. The second kappa shape index (κ2) is 4.55. The van der Waals surface area contributed by atoms with Crippen LogP contribution in [0.4, 0.5) is 13.2 Å². The number of benzene rings is 1. The summed E-state index contributed by atoms with van der Waals surface area (Å²) in [6.45, 7) is 0. The third kappa shape index (κ3) is 3.04. The van der Waals surface area contributed by atoms with E-state index in [4.69, 9.17) is 0 Å². The first-order valence-corrected chi connectivity index (χ1v) is 5.87. The van der Waals surface area contributed by atoms with Crippen molar-refractivity contribution in [3.8, 4) is 0 Å². The Morgan fingerprint density at radius 2 is 1.67 bits per heavy atom. The Hall–Kier alpha value is 0.120. The molecule has 0 aliphatic carbocycles. The molecule has 0 atom stereocenters. The number of ketones is 1. The molecule has 0 heterocycles. The van der Waals surface area contributed by atoms with Gasteiger partial charge in [-0.3, -0.25) is 4.79 Å². The van der Waals surface area contributed by atoms with Crippen molar-refractivity contribution in [2.45, 2.75) is 2.14 Å². The van der Waals surface area contributed by atoms with E-state index < -0.39 is 30.9 Å². The van der Waals surface area contributed by atoms with Crippen LogP contribution in [0.2, 0.25) is 0 Å². The van der Waals surface area contributed by atoms with Gasteiger partial charge in [0.2, 0.25) is 5.78 Å². The van der Waals surface area contributed by atoms with Crippen LogP contribution in [0, 0.1) is 17.5 Å². The minimum Gasteiger partial charge on any atom is -0.290 e. The molecule has 0 fully saturated rings. The number of carbonyl (C=O) groups is 1. The highest BCUT2D eigenvalue weighted by Gasteiger charge is 2.33. The highest BCUT2D eigenvalue weighted by molar-refractivity contribution is 9.40. The molecule has 0 bridgehead atoms. The number of halogens is 6. The summed E-state index contributed by atoms with van der Waals surface area (Å²) in [5, 5.41) is 0. The van der Waals surface area contributed by atoms with Gasteiger partial charge in [-0.05, 0) is 6.07 Å². The number of alkyl halides is 3. The molecule has 0 saturated heterocycles. The Bertz CT molecular complexity index is 414. The lowest BCUT2D eigenvalue weighted by Gasteiger charge is -2.11. The van der Waals surface area contributed by atoms with E-state index in [0.29, 0.717) is 12.1 Å². The van der Waals surface area contributed by atoms with Crippen LogP contribution in [0.25, 0.3) is 0 Å². The van der Waals surface area contributed by atoms with Crippen LogP contribution in [0.1, 0.15) is 10.4 Å². The molecular formula is C8H2Br3F3O. The fourth-order valence-electron chi connectivity index (χ4n) is 0.874. The van der Waals surface area contributed by atoms with Crippen LogP contribution in [-0.4, -0.2) is 7.93 Å². The van der Waals surface area contributed by atoms with Gasteiger partial charge in [-0.1, -0.05) is 47.8 Å². The van der Waals surface area contributed by atoms with E-state index in [1.165, 1.54) is 0 Å². The van der Waals surface area contributed by atoms with Gasteiger partial charge in [0, 0.05) is 6.07 Å². The summed E-state index contributed by atoms with van der Waals surface area (Å²) in [5.41, 5.74) is -0.682. The minimum absolute atomic E-state index is 0.366. The minimum atomic E-state index is -1.44. The van der Waals surface area contributed by atoms with E-state index in [-0.39, 0.29) is 0 Å². The van der Waals surface area contributed by atoms with Crippen LogP contribution < -0.4 is 0 Å². The molecule has 0 aromatic heterocycles. The first-order valence-electron chi connectivity index (χ1n) is 3.49. The van der Waals surface area contributed by atoms with Crippen LogP contribution in [0.15, 0.2) is 12.1 Å². The van der Waals surface area contributed by atoms with E-state index >= 15 is 0 Å². The number of carbonyl (C=O) groups excluding carboxylic acids is 1. The standard InChI is InChI=1S/C8H2Br3F3O/c9-8(10,11)7(15)4-1-3(12)2-5(13)6(4)14/h1-2H. The number of rotatable bonds is 1. The second-order valence-electron chi connectivity index (χ2n) is 2.58. The maximum Gasteiger partial charge on any atom is 0.204 e. The van der Waals surface area contributed by atoms with Gasteiger partial charge < -0.3 is 0 Å². The Morgan fingerprint density at radius 3 is 2.13 bits per heavy atom. The lowest BCUT2D eigenvalue weighted by Crippen LogP contribution is -2.19. The number of hydrogen-bond acceptors (Lipinski definition) is 1. The molecule has 0 amide bonds. The highest BCUT2D eigenvalue weighted by Crippen LogP contribution is 2.37. The molecule has 0 saturated carbocycles. The average Bonchev–Trinajstić information content (AvgIpc) is 2.08. The van der Waals surface area contributed by atoms with Gasteiger partial charge in [0.15, 0.2) is 13.8 Å². The molecule has 0 aliphatic heterocycles. The van der Waals surface area contributed by atoms with Gasteiger partial charge in [-0.15, -0.1) is 0 Å². The fourth-order valence-corrected chi connectivity index (χ4v) is 1.51. The van der Waals surface area contributed by atoms with E-state index in [9.17, 15) is 18.0 Å². The Morgan fingerprint density at radius 1 is 1.13 bits per heavy atom. The van der Waals surface area contributed by atoms with Gasteiger partial charge in [0.25, 0.3) is 0 Å². The smallest absolute Gasteiger partial charge is 0.204 e. The highest BCUT2D eigenvalue weighted by atomic mass is 80.0. The molecule has 1 aromatic rings. The summed E-state index contributed by atoms with van der Waals surface area (Å²) in [7, 11) is 0. The molecule has 0 radical (unpaired) electrons. The zero-order valence-corrected chi connectivity index (χ0v) is 11.6. The largest absolute Gasteiger partial charge is 0.290 e. The van der Waals surface area contributed by atoms with Crippen LogP contribution in [-0.2, 0) is 0 Å².